The zero-order chi connectivity index (χ0) is 23.2. The Morgan fingerprint density at radius 3 is 2.42 bits per heavy atom. The van der Waals surface area contributed by atoms with E-state index in [0.29, 0.717) is 42.6 Å². The minimum atomic E-state index is -4.28. The third-order valence-electron chi connectivity index (χ3n) is 5.92. The fourth-order valence-corrected chi connectivity index (χ4v) is 5.56. The average molecular weight is 470 g/mol. The second-order valence-electron chi connectivity index (χ2n) is 8.01. The van der Waals surface area contributed by atoms with Crippen molar-refractivity contribution in [2.24, 2.45) is 5.73 Å². The van der Waals surface area contributed by atoms with Crippen LogP contribution in [0.25, 0.3) is 22.2 Å². The van der Waals surface area contributed by atoms with Crippen LogP contribution in [-0.4, -0.2) is 41.5 Å². The second-order valence-corrected chi connectivity index (χ2v) is 9.83. The zero-order valence-electron chi connectivity index (χ0n) is 17.5. The lowest BCUT2D eigenvalue weighted by molar-refractivity contribution is 0.482. The van der Waals surface area contributed by atoms with Gasteiger partial charge in [-0.05, 0) is 43.2 Å². The highest BCUT2D eigenvalue weighted by molar-refractivity contribution is 7.90. The van der Waals surface area contributed by atoms with E-state index in [1.807, 2.05) is 6.07 Å². The number of rotatable bonds is 4. The lowest BCUT2D eigenvalue weighted by Gasteiger charge is -2.32. The first-order chi connectivity index (χ1) is 15.9. The highest BCUT2D eigenvalue weighted by Crippen LogP contribution is 2.32. The fraction of sp³-hybridized carbons (Fsp3) is 0.217. The average Bonchev–Trinajstić information content (AvgIpc) is 3.25. The molecule has 0 atom stereocenters. The normalized spacial score (nSPS) is 15.3. The summed E-state index contributed by atoms with van der Waals surface area (Å²) >= 11 is 0. The molecule has 0 radical (unpaired) electrons. The monoisotopic (exact) mass is 469 g/mol. The lowest BCUT2D eigenvalue weighted by Crippen LogP contribution is -2.40. The van der Waals surface area contributed by atoms with Gasteiger partial charge in [-0.3, -0.25) is 9.97 Å². The lowest BCUT2D eigenvalue weighted by atomic mass is 10.1. The number of hydrogen-bond acceptors (Lipinski definition) is 6. The number of halogens is 2. The van der Waals surface area contributed by atoms with Crippen molar-refractivity contribution < 1.29 is 17.2 Å². The Morgan fingerprint density at radius 2 is 1.76 bits per heavy atom. The number of benzene rings is 1. The predicted molar refractivity (Wildman–Crippen MR) is 121 cm³/mol. The van der Waals surface area contributed by atoms with E-state index in [2.05, 4.69) is 9.97 Å². The van der Waals surface area contributed by atoms with Crippen LogP contribution in [0, 0.1) is 11.6 Å². The summed E-state index contributed by atoms with van der Waals surface area (Å²) in [6, 6.07) is 8.73. The summed E-state index contributed by atoms with van der Waals surface area (Å²) in [6.45, 7) is 0.816. The van der Waals surface area contributed by atoms with Crippen LogP contribution >= 0.6 is 0 Å². The van der Waals surface area contributed by atoms with Crippen molar-refractivity contribution in [1.29, 1.82) is 0 Å². The minimum Gasteiger partial charge on any atom is -0.367 e. The molecule has 5 rings (SSSR count). The first-order valence-electron chi connectivity index (χ1n) is 10.5. The smallest absolute Gasteiger partial charge is 0.268 e. The molecular weight excluding hydrogens is 448 g/mol. The van der Waals surface area contributed by atoms with Gasteiger partial charge in [0.05, 0.1) is 22.3 Å². The number of pyridine rings is 2. The summed E-state index contributed by atoms with van der Waals surface area (Å²) in [5.74, 6) is -1.85. The second kappa shape index (κ2) is 8.20. The Labute approximate surface area is 189 Å². The molecule has 4 aromatic rings. The van der Waals surface area contributed by atoms with E-state index >= 15 is 0 Å². The summed E-state index contributed by atoms with van der Waals surface area (Å²) in [5.41, 5.74) is 7.22. The Balaban J connectivity index is 1.57. The maximum atomic E-state index is 15.0. The number of anilines is 1. The predicted octanol–water partition coefficient (Wildman–Crippen LogP) is 3.54. The molecule has 0 unspecified atom stereocenters. The van der Waals surface area contributed by atoms with Gasteiger partial charge in [-0.2, -0.15) is 0 Å². The molecule has 0 aliphatic carbocycles. The van der Waals surface area contributed by atoms with Crippen molar-refractivity contribution in [1.82, 2.24) is 13.9 Å². The summed E-state index contributed by atoms with van der Waals surface area (Å²) < 4.78 is 57.6. The SMILES string of the molecule is NC1CCN(c2c(F)cc(S(=O)(=O)n3ccc4c(-c5ccccn5)cncc43)cc2F)CC1. The molecule has 33 heavy (non-hydrogen) atoms. The quantitative estimate of drug-likeness (QED) is 0.491. The summed E-state index contributed by atoms with van der Waals surface area (Å²) in [6.07, 6.45) is 7.20. The van der Waals surface area contributed by atoms with Gasteiger partial charge in [0.15, 0.2) is 11.6 Å². The van der Waals surface area contributed by atoms with Crippen molar-refractivity contribution in [2.45, 2.75) is 23.8 Å². The molecule has 1 aliphatic rings. The zero-order valence-corrected chi connectivity index (χ0v) is 18.3. The van der Waals surface area contributed by atoms with Crippen molar-refractivity contribution >= 4 is 26.6 Å². The van der Waals surface area contributed by atoms with Gasteiger partial charge in [0.2, 0.25) is 0 Å². The Hall–Kier alpha value is -3.37. The van der Waals surface area contributed by atoms with Gasteiger partial charge < -0.3 is 10.6 Å². The molecule has 0 saturated carbocycles. The first kappa shape index (κ1) is 21.5. The molecule has 7 nitrogen and oxygen atoms in total. The standard InChI is InChI=1S/C23H21F2N5O2S/c24-19-11-16(12-20(25)23(19)29-8-4-15(26)5-9-29)33(31,32)30-10-6-17-18(13-27-14-22(17)30)21-3-1-2-7-28-21/h1-3,6-7,10-15H,4-5,8-9,26H2. The van der Waals surface area contributed by atoms with Crippen LogP contribution in [-0.2, 0) is 10.0 Å². The van der Waals surface area contributed by atoms with Crippen molar-refractivity contribution in [3.05, 3.63) is 72.8 Å². The summed E-state index contributed by atoms with van der Waals surface area (Å²) in [5, 5.41) is 0.606. The van der Waals surface area contributed by atoms with Crippen LogP contribution in [0.4, 0.5) is 14.5 Å². The van der Waals surface area contributed by atoms with Gasteiger partial charge in [-0.15, -0.1) is 0 Å². The van der Waals surface area contributed by atoms with E-state index in [9.17, 15) is 17.2 Å². The number of nitrogens with two attached hydrogens (primary N) is 1. The summed E-state index contributed by atoms with van der Waals surface area (Å²) in [4.78, 5) is 9.55. The number of aromatic nitrogens is 3. The number of piperidine rings is 1. The molecule has 170 valence electrons. The Kier molecular flexibility index (Phi) is 5.34. The van der Waals surface area contributed by atoms with Crippen LogP contribution in [0.15, 0.2) is 66.1 Å². The number of nitrogens with zero attached hydrogens (tertiary/aromatic N) is 4. The van der Waals surface area contributed by atoms with Crippen molar-refractivity contribution in [3.63, 3.8) is 0 Å². The van der Waals surface area contributed by atoms with E-state index in [1.165, 1.54) is 12.4 Å². The van der Waals surface area contributed by atoms with Gasteiger partial charge in [-0.1, -0.05) is 6.07 Å². The molecule has 0 amide bonds. The van der Waals surface area contributed by atoms with Crippen LogP contribution in [0.1, 0.15) is 12.8 Å². The van der Waals surface area contributed by atoms with Gasteiger partial charge in [-0.25, -0.2) is 21.2 Å². The molecule has 0 spiro atoms. The molecule has 1 aromatic carbocycles. The third kappa shape index (κ3) is 3.75. The van der Waals surface area contributed by atoms with Crippen LogP contribution in [0.5, 0.6) is 0 Å². The Morgan fingerprint density at radius 1 is 1.03 bits per heavy atom. The minimum absolute atomic E-state index is 0.00127. The summed E-state index contributed by atoms with van der Waals surface area (Å²) in [7, 11) is -4.28. The first-order valence-corrected chi connectivity index (χ1v) is 11.9. The van der Waals surface area contributed by atoms with E-state index in [-0.39, 0.29) is 17.2 Å². The van der Waals surface area contributed by atoms with E-state index in [4.69, 9.17) is 5.73 Å². The highest BCUT2D eigenvalue weighted by Gasteiger charge is 2.27. The molecule has 1 aliphatic heterocycles. The fourth-order valence-electron chi connectivity index (χ4n) is 4.20. The van der Waals surface area contributed by atoms with Gasteiger partial charge >= 0.3 is 0 Å². The molecule has 3 aromatic heterocycles. The van der Waals surface area contributed by atoms with Crippen LogP contribution in [0.2, 0.25) is 0 Å². The maximum absolute atomic E-state index is 15.0. The van der Waals surface area contributed by atoms with Crippen molar-refractivity contribution in [3.8, 4) is 11.3 Å². The molecule has 0 bridgehead atoms. The molecule has 10 heteroatoms. The third-order valence-corrected chi connectivity index (χ3v) is 7.59. The largest absolute Gasteiger partial charge is 0.367 e. The molecule has 1 fully saturated rings. The Bertz CT molecular complexity index is 1410. The molecule has 1 saturated heterocycles. The van der Waals surface area contributed by atoms with Gasteiger partial charge in [0.25, 0.3) is 10.0 Å². The van der Waals surface area contributed by atoms with Crippen LogP contribution in [0.3, 0.4) is 0 Å². The van der Waals surface area contributed by atoms with E-state index in [1.54, 1.807) is 35.5 Å². The number of hydrogen-bond donors (Lipinski definition) is 1. The number of fused-ring (bicyclic) bond motifs is 1. The van der Waals surface area contributed by atoms with E-state index in [0.717, 1.165) is 16.1 Å². The van der Waals surface area contributed by atoms with Gasteiger partial charge in [0, 0.05) is 48.7 Å². The molecule has 2 N–H and O–H groups in total. The molecule has 4 heterocycles. The highest BCUT2D eigenvalue weighted by atomic mass is 32.2. The van der Waals surface area contributed by atoms with Gasteiger partial charge in [0.1, 0.15) is 5.69 Å². The molecular formula is C23H21F2N5O2S. The maximum Gasteiger partial charge on any atom is 0.268 e. The van der Waals surface area contributed by atoms with E-state index < -0.39 is 26.6 Å². The van der Waals surface area contributed by atoms with Crippen molar-refractivity contribution in [2.75, 3.05) is 18.0 Å². The topological polar surface area (TPSA) is 94.1 Å². The van der Waals surface area contributed by atoms with Crippen LogP contribution < -0.4 is 10.6 Å².